The van der Waals surface area contributed by atoms with Crippen LogP contribution < -0.4 is 5.32 Å². The standard InChI is InChI=1S/C13H13N3O3/c1-16-7-11(14-8-16)12(17)15-10-6-4-3-5-9(10)13(18)19-2/h3-8H,1-2H3,(H,15,17). The van der Waals surface area contributed by atoms with Crippen molar-refractivity contribution < 1.29 is 14.3 Å². The minimum Gasteiger partial charge on any atom is -0.465 e. The summed E-state index contributed by atoms with van der Waals surface area (Å²) in [6.07, 6.45) is 3.12. The molecular formula is C13H13N3O3. The molecule has 0 atom stereocenters. The summed E-state index contributed by atoms with van der Waals surface area (Å²) in [4.78, 5) is 27.5. The molecule has 0 aliphatic heterocycles. The van der Waals surface area contributed by atoms with Gasteiger partial charge in [-0.2, -0.15) is 0 Å². The number of carbonyl (C=O) groups excluding carboxylic acids is 2. The number of carbonyl (C=O) groups is 2. The number of esters is 1. The molecule has 0 bridgehead atoms. The summed E-state index contributed by atoms with van der Waals surface area (Å²) in [5.74, 6) is -0.881. The van der Waals surface area contributed by atoms with E-state index in [-0.39, 0.29) is 11.6 Å². The molecule has 0 aliphatic carbocycles. The number of anilines is 1. The van der Waals surface area contributed by atoms with Gasteiger partial charge in [0, 0.05) is 13.2 Å². The molecule has 2 aromatic rings. The zero-order chi connectivity index (χ0) is 13.8. The maximum Gasteiger partial charge on any atom is 0.339 e. The molecular weight excluding hydrogens is 246 g/mol. The second-order valence-electron chi connectivity index (χ2n) is 3.92. The Hall–Kier alpha value is -2.63. The Morgan fingerprint density at radius 3 is 2.68 bits per heavy atom. The fourth-order valence-corrected chi connectivity index (χ4v) is 1.60. The number of imidazole rings is 1. The van der Waals surface area contributed by atoms with Crippen molar-refractivity contribution in [1.82, 2.24) is 9.55 Å². The third-order valence-electron chi connectivity index (χ3n) is 2.52. The molecule has 1 aromatic heterocycles. The SMILES string of the molecule is COC(=O)c1ccccc1NC(=O)c1cn(C)cn1. The van der Waals surface area contributed by atoms with Gasteiger partial charge in [-0.3, -0.25) is 4.79 Å². The van der Waals surface area contributed by atoms with Crippen molar-refractivity contribution in [2.75, 3.05) is 12.4 Å². The van der Waals surface area contributed by atoms with Crippen LogP contribution in [-0.4, -0.2) is 28.5 Å². The van der Waals surface area contributed by atoms with Crippen LogP contribution in [0.5, 0.6) is 0 Å². The van der Waals surface area contributed by atoms with E-state index in [4.69, 9.17) is 0 Å². The van der Waals surface area contributed by atoms with Crippen molar-refractivity contribution >= 4 is 17.6 Å². The molecule has 1 aromatic carbocycles. The van der Waals surface area contributed by atoms with Crippen LogP contribution in [0.15, 0.2) is 36.8 Å². The van der Waals surface area contributed by atoms with Gasteiger partial charge in [-0.05, 0) is 12.1 Å². The van der Waals surface area contributed by atoms with Gasteiger partial charge in [0.15, 0.2) is 0 Å². The lowest BCUT2D eigenvalue weighted by atomic mass is 10.2. The van der Waals surface area contributed by atoms with Crippen LogP contribution in [0.25, 0.3) is 0 Å². The van der Waals surface area contributed by atoms with E-state index in [0.29, 0.717) is 11.3 Å². The number of benzene rings is 1. The first-order valence-corrected chi connectivity index (χ1v) is 5.58. The van der Waals surface area contributed by atoms with Gasteiger partial charge in [-0.15, -0.1) is 0 Å². The van der Waals surface area contributed by atoms with E-state index in [1.807, 2.05) is 0 Å². The third kappa shape index (κ3) is 2.79. The first-order valence-electron chi connectivity index (χ1n) is 5.58. The molecule has 0 saturated carbocycles. The van der Waals surface area contributed by atoms with Gasteiger partial charge in [0.05, 0.1) is 24.7 Å². The smallest absolute Gasteiger partial charge is 0.339 e. The lowest BCUT2D eigenvalue weighted by Gasteiger charge is -2.08. The largest absolute Gasteiger partial charge is 0.465 e. The monoisotopic (exact) mass is 259 g/mol. The van der Waals surface area contributed by atoms with Crippen LogP contribution in [0.4, 0.5) is 5.69 Å². The van der Waals surface area contributed by atoms with E-state index in [0.717, 1.165) is 0 Å². The van der Waals surface area contributed by atoms with E-state index >= 15 is 0 Å². The topological polar surface area (TPSA) is 73.2 Å². The minimum atomic E-state index is -0.503. The molecule has 1 N–H and O–H groups in total. The van der Waals surface area contributed by atoms with Crippen LogP contribution in [0.1, 0.15) is 20.8 Å². The summed E-state index contributed by atoms with van der Waals surface area (Å²) >= 11 is 0. The maximum absolute atomic E-state index is 12.0. The number of amides is 1. The molecule has 6 nitrogen and oxygen atoms in total. The van der Waals surface area contributed by atoms with Crippen molar-refractivity contribution in [1.29, 1.82) is 0 Å². The maximum atomic E-state index is 12.0. The predicted octanol–water partition coefficient (Wildman–Crippen LogP) is 1.46. The summed E-state index contributed by atoms with van der Waals surface area (Å²) in [6, 6.07) is 6.64. The van der Waals surface area contributed by atoms with Crippen LogP contribution in [0.3, 0.4) is 0 Å². The fraction of sp³-hybridized carbons (Fsp3) is 0.154. The summed E-state index contributed by atoms with van der Waals surface area (Å²) in [6.45, 7) is 0. The van der Waals surface area contributed by atoms with E-state index in [9.17, 15) is 9.59 Å². The number of hydrogen-bond donors (Lipinski definition) is 1. The molecule has 6 heteroatoms. The van der Waals surface area contributed by atoms with E-state index in [1.165, 1.54) is 13.4 Å². The molecule has 0 unspecified atom stereocenters. The average Bonchev–Trinajstić information content (AvgIpc) is 2.85. The van der Waals surface area contributed by atoms with Gasteiger partial charge >= 0.3 is 5.97 Å². The Bertz CT molecular complexity index is 619. The molecule has 0 radical (unpaired) electrons. The highest BCUT2D eigenvalue weighted by Crippen LogP contribution is 2.16. The Balaban J connectivity index is 2.24. The van der Waals surface area contributed by atoms with Gasteiger partial charge in [0.2, 0.25) is 0 Å². The van der Waals surface area contributed by atoms with Crippen LogP contribution in [0.2, 0.25) is 0 Å². The number of aromatic nitrogens is 2. The van der Waals surface area contributed by atoms with Crippen molar-refractivity contribution in [2.24, 2.45) is 7.05 Å². The van der Waals surface area contributed by atoms with Crippen LogP contribution >= 0.6 is 0 Å². The van der Waals surface area contributed by atoms with Gasteiger partial charge < -0.3 is 14.6 Å². The zero-order valence-corrected chi connectivity index (χ0v) is 10.6. The second-order valence-corrected chi connectivity index (χ2v) is 3.92. The number of aryl methyl sites for hydroxylation is 1. The van der Waals surface area contributed by atoms with E-state index in [2.05, 4.69) is 15.0 Å². The van der Waals surface area contributed by atoms with Gasteiger partial charge in [-0.25, -0.2) is 9.78 Å². The number of nitrogens with one attached hydrogen (secondary N) is 1. The summed E-state index contributed by atoms with van der Waals surface area (Å²) in [5, 5.41) is 2.64. The van der Waals surface area contributed by atoms with Crippen molar-refractivity contribution in [3.63, 3.8) is 0 Å². The molecule has 0 fully saturated rings. The number of nitrogens with zero attached hydrogens (tertiary/aromatic N) is 2. The van der Waals surface area contributed by atoms with E-state index in [1.54, 1.807) is 42.1 Å². The lowest BCUT2D eigenvalue weighted by molar-refractivity contribution is 0.0602. The molecule has 1 amide bonds. The summed E-state index contributed by atoms with van der Waals surface area (Å²) in [7, 11) is 3.06. The summed E-state index contributed by atoms with van der Waals surface area (Å²) < 4.78 is 6.33. The molecule has 0 saturated heterocycles. The Morgan fingerprint density at radius 1 is 1.32 bits per heavy atom. The number of ether oxygens (including phenoxy) is 1. The predicted molar refractivity (Wildman–Crippen MR) is 68.9 cm³/mol. The quantitative estimate of drug-likeness (QED) is 0.847. The summed E-state index contributed by atoms with van der Waals surface area (Å²) in [5.41, 5.74) is 0.974. The number of hydrogen-bond acceptors (Lipinski definition) is 4. The van der Waals surface area contributed by atoms with Crippen LogP contribution in [0, 0.1) is 0 Å². The highest BCUT2D eigenvalue weighted by molar-refractivity contribution is 6.06. The normalized spacial score (nSPS) is 10.0. The minimum absolute atomic E-state index is 0.280. The number of methoxy groups -OCH3 is 1. The second kappa shape index (κ2) is 5.34. The Labute approximate surface area is 110 Å². The van der Waals surface area contributed by atoms with Crippen molar-refractivity contribution in [2.45, 2.75) is 0 Å². The first kappa shape index (κ1) is 12.8. The molecule has 0 aliphatic rings. The Morgan fingerprint density at radius 2 is 2.05 bits per heavy atom. The lowest BCUT2D eigenvalue weighted by Crippen LogP contribution is -2.15. The number of para-hydroxylation sites is 1. The highest BCUT2D eigenvalue weighted by Gasteiger charge is 2.15. The third-order valence-corrected chi connectivity index (χ3v) is 2.52. The van der Waals surface area contributed by atoms with E-state index < -0.39 is 5.97 Å². The van der Waals surface area contributed by atoms with Crippen molar-refractivity contribution in [3.8, 4) is 0 Å². The highest BCUT2D eigenvalue weighted by atomic mass is 16.5. The fourth-order valence-electron chi connectivity index (χ4n) is 1.60. The molecule has 2 rings (SSSR count). The van der Waals surface area contributed by atoms with Gasteiger partial charge in [-0.1, -0.05) is 12.1 Å². The van der Waals surface area contributed by atoms with Crippen molar-refractivity contribution in [3.05, 3.63) is 48.0 Å². The first-order chi connectivity index (χ1) is 9.11. The van der Waals surface area contributed by atoms with Crippen LogP contribution in [-0.2, 0) is 11.8 Å². The molecule has 0 spiro atoms. The average molecular weight is 259 g/mol. The Kier molecular flexibility index (Phi) is 3.61. The number of rotatable bonds is 3. The van der Waals surface area contributed by atoms with Gasteiger partial charge in [0.1, 0.15) is 5.69 Å². The molecule has 1 heterocycles. The molecule has 19 heavy (non-hydrogen) atoms. The van der Waals surface area contributed by atoms with Gasteiger partial charge in [0.25, 0.3) is 5.91 Å². The molecule has 98 valence electrons. The zero-order valence-electron chi connectivity index (χ0n) is 10.6.